The highest BCUT2D eigenvalue weighted by molar-refractivity contribution is 5.95. The topological polar surface area (TPSA) is 79.7 Å². The molecule has 0 radical (unpaired) electrons. The van der Waals surface area contributed by atoms with E-state index < -0.39 is 17.9 Å². The average Bonchev–Trinajstić information content (AvgIpc) is 2.59. The maximum absolute atomic E-state index is 12.9. The molecule has 6 nitrogen and oxygen atoms in total. The third kappa shape index (κ3) is 3.47. The Labute approximate surface area is 146 Å². The van der Waals surface area contributed by atoms with Gasteiger partial charge >= 0.3 is 5.97 Å². The summed E-state index contributed by atoms with van der Waals surface area (Å²) in [5.41, 5.74) is 1.80. The first-order valence-corrected chi connectivity index (χ1v) is 8.22. The minimum atomic E-state index is -1.05. The second-order valence-corrected chi connectivity index (χ2v) is 6.22. The van der Waals surface area contributed by atoms with Crippen LogP contribution in [0, 0.1) is 0 Å². The first kappa shape index (κ1) is 17.0. The van der Waals surface area contributed by atoms with Crippen LogP contribution in [0.5, 0.6) is 5.88 Å². The van der Waals surface area contributed by atoms with Crippen LogP contribution in [-0.4, -0.2) is 39.5 Å². The van der Waals surface area contributed by atoms with E-state index in [1.54, 1.807) is 30.3 Å². The SMILES string of the molecule is CC(C)Oc1cccc(C(=O)N2CCc3ccccc3C2C(=O)O)n1. The van der Waals surface area contributed by atoms with E-state index in [-0.39, 0.29) is 11.8 Å². The quantitative estimate of drug-likeness (QED) is 0.926. The molecular weight excluding hydrogens is 320 g/mol. The molecule has 130 valence electrons. The van der Waals surface area contributed by atoms with E-state index in [0.717, 1.165) is 5.56 Å². The lowest BCUT2D eigenvalue weighted by atomic mass is 9.92. The Morgan fingerprint density at radius 1 is 1.20 bits per heavy atom. The molecule has 1 aromatic carbocycles. The Balaban J connectivity index is 1.93. The zero-order chi connectivity index (χ0) is 18.0. The van der Waals surface area contributed by atoms with Gasteiger partial charge < -0.3 is 14.7 Å². The van der Waals surface area contributed by atoms with Gasteiger partial charge in [0.05, 0.1) is 6.10 Å². The van der Waals surface area contributed by atoms with Crippen molar-refractivity contribution in [3.63, 3.8) is 0 Å². The van der Waals surface area contributed by atoms with Crippen molar-refractivity contribution < 1.29 is 19.4 Å². The largest absolute Gasteiger partial charge is 0.479 e. The van der Waals surface area contributed by atoms with Gasteiger partial charge in [0.1, 0.15) is 5.69 Å². The number of pyridine rings is 1. The highest BCUT2D eigenvalue weighted by Gasteiger charge is 2.36. The van der Waals surface area contributed by atoms with Gasteiger partial charge in [0.15, 0.2) is 6.04 Å². The third-order valence-electron chi connectivity index (χ3n) is 4.08. The number of benzene rings is 1. The standard InChI is InChI=1S/C19H20N2O4/c1-12(2)25-16-9-5-8-15(20-16)18(22)21-11-10-13-6-3-4-7-14(13)17(21)19(23)24/h3-9,12,17H,10-11H2,1-2H3,(H,23,24). The first-order chi connectivity index (χ1) is 12.0. The lowest BCUT2D eigenvalue weighted by Crippen LogP contribution is -2.43. The number of hydrogen-bond donors (Lipinski definition) is 1. The van der Waals surface area contributed by atoms with E-state index in [4.69, 9.17) is 4.74 Å². The summed E-state index contributed by atoms with van der Waals surface area (Å²) in [5.74, 6) is -1.10. The lowest BCUT2D eigenvalue weighted by Gasteiger charge is -2.34. The van der Waals surface area contributed by atoms with Gasteiger partial charge in [-0.25, -0.2) is 9.78 Å². The molecule has 0 fully saturated rings. The summed E-state index contributed by atoms with van der Waals surface area (Å²) in [6.45, 7) is 4.08. The summed E-state index contributed by atoms with van der Waals surface area (Å²) in [5, 5.41) is 9.69. The molecule has 1 aromatic heterocycles. The number of amides is 1. The highest BCUT2D eigenvalue weighted by Crippen LogP contribution is 2.31. The summed E-state index contributed by atoms with van der Waals surface area (Å²) in [6, 6.07) is 11.3. The van der Waals surface area contributed by atoms with Crippen molar-refractivity contribution in [3.05, 3.63) is 59.3 Å². The molecule has 1 N–H and O–H groups in total. The fourth-order valence-corrected chi connectivity index (χ4v) is 3.04. The molecule has 0 saturated heterocycles. The van der Waals surface area contributed by atoms with E-state index in [1.807, 2.05) is 26.0 Å². The van der Waals surface area contributed by atoms with Crippen LogP contribution < -0.4 is 4.74 Å². The molecule has 25 heavy (non-hydrogen) atoms. The Morgan fingerprint density at radius 2 is 1.96 bits per heavy atom. The number of carboxylic acids is 1. The first-order valence-electron chi connectivity index (χ1n) is 8.22. The van der Waals surface area contributed by atoms with Gasteiger partial charge in [0.2, 0.25) is 5.88 Å². The van der Waals surface area contributed by atoms with Crippen LogP contribution in [0.4, 0.5) is 0 Å². The molecule has 1 amide bonds. The second kappa shape index (κ2) is 6.93. The zero-order valence-corrected chi connectivity index (χ0v) is 14.2. The molecule has 0 spiro atoms. The summed E-state index contributed by atoms with van der Waals surface area (Å²) < 4.78 is 5.52. The van der Waals surface area contributed by atoms with Crippen molar-refractivity contribution in [1.82, 2.24) is 9.88 Å². The minimum absolute atomic E-state index is 0.0634. The Bertz CT molecular complexity index is 804. The van der Waals surface area contributed by atoms with E-state index in [0.29, 0.717) is 24.4 Å². The maximum atomic E-state index is 12.9. The fourth-order valence-electron chi connectivity index (χ4n) is 3.04. The molecule has 0 bridgehead atoms. The Kier molecular flexibility index (Phi) is 4.70. The van der Waals surface area contributed by atoms with Crippen LogP contribution in [0.15, 0.2) is 42.5 Å². The Hall–Kier alpha value is -2.89. The maximum Gasteiger partial charge on any atom is 0.331 e. The highest BCUT2D eigenvalue weighted by atomic mass is 16.5. The van der Waals surface area contributed by atoms with Crippen LogP contribution in [-0.2, 0) is 11.2 Å². The molecule has 2 aromatic rings. The van der Waals surface area contributed by atoms with Gasteiger partial charge in [-0.3, -0.25) is 4.79 Å². The number of fused-ring (bicyclic) bond motifs is 1. The van der Waals surface area contributed by atoms with Gasteiger partial charge in [-0.05, 0) is 37.5 Å². The number of carboxylic acid groups (broad SMARTS) is 1. The normalized spacial score (nSPS) is 16.4. The van der Waals surface area contributed by atoms with Crippen molar-refractivity contribution in [2.45, 2.75) is 32.4 Å². The Morgan fingerprint density at radius 3 is 2.68 bits per heavy atom. The van der Waals surface area contributed by atoms with E-state index in [1.165, 1.54) is 4.90 Å². The molecule has 3 rings (SSSR count). The smallest absolute Gasteiger partial charge is 0.331 e. The summed E-state index contributed by atoms with van der Waals surface area (Å²) in [7, 11) is 0. The molecule has 1 unspecified atom stereocenters. The van der Waals surface area contributed by atoms with Crippen LogP contribution in [0.1, 0.15) is 41.5 Å². The number of aromatic nitrogens is 1. The number of aliphatic carboxylic acids is 1. The molecule has 0 saturated carbocycles. The number of carbonyl (C=O) groups excluding carboxylic acids is 1. The van der Waals surface area contributed by atoms with Crippen molar-refractivity contribution >= 4 is 11.9 Å². The van der Waals surface area contributed by atoms with E-state index >= 15 is 0 Å². The van der Waals surface area contributed by atoms with Gasteiger partial charge in [-0.15, -0.1) is 0 Å². The van der Waals surface area contributed by atoms with Crippen LogP contribution in [0.3, 0.4) is 0 Å². The molecule has 6 heteroatoms. The summed E-state index contributed by atoms with van der Waals surface area (Å²) in [4.78, 5) is 30.3. The van der Waals surface area contributed by atoms with E-state index in [9.17, 15) is 14.7 Å². The van der Waals surface area contributed by atoms with Gasteiger partial charge in [-0.2, -0.15) is 0 Å². The predicted molar refractivity (Wildman–Crippen MR) is 91.6 cm³/mol. The third-order valence-corrected chi connectivity index (χ3v) is 4.08. The summed E-state index contributed by atoms with van der Waals surface area (Å²) >= 11 is 0. The van der Waals surface area contributed by atoms with Crippen LogP contribution in [0.2, 0.25) is 0 Å². The van der Waals surface area contributed by atoms with Crippen molar-refractivity contribution in [2.24, 2.45) is 0 Å². The molecular formula is C19H20N2O4. The molecule has 1 atom stereocenters. The lowest BCUT2D eigenvalue weighted by molar-refractivity contribution is -0.143. The molecule has 0 aliphatic carbocycles. The number of ether oxygens (including phenoxy) is 1. The van der Waals surface area contributed by atoms with Crippen molar-refractivity contribution in [3.8, 4) is 5.88 Å². The fraction of sp³-hybridized carbons (Fsp3) is 0.316. The molecule has 2 heterocycles. The molecule has 1 aliphatic rings. The minimum Gasteiger partial charge on any atom is -0.479 e. The molecule has 1 aliphatic heterocycles. The van der Waals surface area contributed by atoms with Gasteiger partial charge in [0, 0.05) is 12.6 Å². The summed E-state index contributed by atoms with van der Waals surface area (Å²) in [6.07, 6.45) is 0.555. The number of hydrogen-bond acceptors (Lipinski definition) is 4. The van der Waals surface area contributed by atoms with Crippen molar-refractivity contribution in [1.29, 1.82) is 0 Å². The monoisotopic (exact) mass is 340 g/mol. The van der Waals surface area contributed by atoms with Gasteiger partial charge in [0.25, 0.3) is 5.91 Å². The number of nitrogens with zero attached hydrogens (tertiary/aromatic N) is 2. The second-order valence-electron chi connectivity index (χ2n) is 6.22. The van der Waals surface area contributed by atoms with Crippen LogP contribution in [0.25, 0.3) is 0 Å². The predicted octanol–water partition coefficient (Wildman–Crippen LogP) is 2.69. The van der Waals surface area contributed by atoms with Crippen molar-refractivity contribution in [2.75, 3.05) is 6.54 Å². The zero-order valence-electron chi connectivity index (χ0n) is 14.2. The van der Waals surface area contributed by atoms with Gasteiger partial charge in [-0.1, -0.05) is 30.3 Å². The number of rotatable bonds is 4. The average molecular weight is 340 g/mol. The van der Waals surface area contributed by atoms with E-state index in [2.05, 4.69) is 4.98 Å². The van der Waals surface area contributed by atoms with Crippen LogP contribution >= 0.6 is 0 Å². The number of carbonyl (C=O) groups is 2.